The zero-order valence-electron chi connectivity index (χ0n) is 15.1. The minimum absolute atomic E-state index is 0.0145. The Labute approximate surface area is 145 Å². The van der Waals surface area contributed by atoms with Crippen LogP contribution < -0.4 is 10.2 Å². The van der Waals surface area contributed by atoms with Crippen molar-refractivity contribution in [1.29, 1.82) is 0 Å². The number of hydrogen-bond donors (Lipinski definition) is 1. The van der Waals surface area contributed by atoms with Crippen LogP contribution in [0.25, 0.3) is 0 Å². The van der Waals surface area contributed by atoms with Gasteiger partial charge in [0.05, 0.1) is 5.56 Å². The summed E-state index contributed by atoms with van der Waals surface area (Å²) in [6, 6.07) is 5.59. The molecule has 1 heterocycles. The summed E-state index contributed by atoms with van der Waals surface area (Å²) in [6.07, 6.45) is 5.72. The van der Waals surface area contributed by atoms with Crippen LogP contribution in [0.1, 0.15) is 55.8 Å². The lowest BCUT2D eigenvalue weighted by Crippen LogP contribution is -2.29. The first kappa shape index (κ1) is 18.3. The molecule has 1 fully saturated rings. The fourth-order valence-corrected chi connectivity index (χ4v) is 3.02. The Balaban J connectivity index is 2.14. The van der Waals surface area contributed by atoms with E-state index in [1.165, 1.54) is 0 Å². The number of rotatable bonds is 7. The van der Waals surface area contributed by atoms with E-state index in [0.717, 1.165) is 50.9 Å². The molecule has 0 unspecified atom stereocenters. The molecular weight excluding hydrogens is 302 g/mol. The monoisotopic (exact) mass is 331 g/mol. The van der Waals surface area contributed by atoms with Crippen LogP contribution in [0.2, 0.25) is 0 Å². The normalized spacial score (nSPS) is 13.9. The zero-order chi connectivity index (χ0) is 17.5. The van der Waals surface area contributed by atoms with Crippen molar-refractivity contribution in [3.63, 3.8) is 0 Å². The molecule has 1 aliphatic rings. The van der Waals surface area contributed by atoms with Gasteiger partial charge in [0.2, 0.25) is 5.91 Å². The first-order valence-corrected chi connectivity index (χ1v) is 8.93. The number of nitrogens with one attached hydrogen (secondary N) is 1. The summed E-state index contributed by atoms with van der Waals surface area (Å²) in [5.41, 5.74) is 2.24. The van der Waals surface area contributed by atoms with E-state index >= 15 is 0 Å². The van der Waals surface area contributed by atoms with Crippen LogP contribution in [0, 0.1) is 0 Å². The Morgan fingerprint density at radius 1 is 1.17 bits per heavy atom. The van der Waals surface area contributed by atoms with Gasteiger partial charge in [-0.1, -0.05) is 19.8 Å². The summed E-state index contributed by atoms with van der Waals surface area (Å²) >= 11 is 0. The lowest BCUT2D eigenvalue weighted by atomic mass is 10.1. The maximum Gasteiger partial charge on any atom is 0.256 e. The van der Waals surface area contributed by atoms with Gasteiger partial charge in [0.25, 0.3) is 5.91 Å². The maximum atomic E-state index is 12.8. The number of carbonyl (C=O) groups excluding carboxylic acids is 2. The molecule has 24 heavy (non-hydrogen) atoms. The Morgan fingerprint density at radius 2 is 1.88 bits per heavy atom. The van der Waals surface area contributed by atoms with E-state index < -0.39 is 0 Å². The van der Waals surface area contributed by atoms with Crippen molar-refractivity contribution < 1.29 is 9.59 Å². The van der Waals surface area contributed by atoms with E-state index in [1.54, 1.807) is 0 Å². The number of anilines is 2. The van der Waals surface area contributed by atoms with Gasteiger partial charge in [-0.15, -0.1) is 0 Å². The van der Waals surface area contributed by atoms with Crippen molar-refractivity contribution in [1.82, 2.24) is 4.90 Å². The molecule has 1 aromatic rings. The average molecular weight is 331 g/mol. The van der Waals surface area contributed by atoms with Crippen LogP contribution in [0.4, 0.5) is 11.4 Å². The number of benzene rings is 1. The second kappa shape index (κ2) is 8.71. The third kappa shape index (κ3) is 4.73. The van der Waals surface area contributed by atoms with Crippen LogP contribution >= 0.6 is 0 Å². The summed E-state index contributed by atoms with van der Waals surface area (Å²) in [5.74, 6) is 0.0684. The van der Waals surface area contributed by atoms with E-state index in [4.69, 9.17) is 0 Å². The number of amides is 2. The third-order valence-corrected chi connectivity index (χ3v) is 4.39. The van der Waals surface area contributed by atoms with Gasteiger partial charge in [0.15, 0.2) is 0 Å². The van der Waals surface area contributed by atoms with Gasteiger partial charge in [-0.05, 0) is 37.5 Å². The highest BCUT2D eigenvalue weighted by Gasteiger charge is 2.23. The van der Waals surface area contributed by atoms with Gasteiger partial charge in [-0.25, -0.2) is 0 Å². The van der Waals surface area contributed by atoms with Crippen LogP contribution in [0.5, 0.6) is 0 Å². The summed E-state index contributed by atoms with van der Waals surface area (Å²) in [5, 5.41) is 2.92. The molecule has 0 aromatic heterocycles. The van der Waals surface area contributed by atoms with E-state index in [0.29, 0.717) is 17.7 Å². The minimum atomic E-state index is 0.0145. The molecular formula is C19H29N3O2. The zero-order valence-corrected chi connectivity index (χ0v) is 15.1. The predicted octanol–water partition coefficient (Wildman–Crippen LogP) is 3.51. The number of likely N-dealkylation sites (tertiary alicyclic amines) is 1. The molecule has 0 spiro atoms. The van der Waals surface area contributed by atoms with Crippen molar-refractivity contribution >= 4 is 23.2 Å². The number of unbranched alkanes of at least 4 members (excludes halogenated alkanes) is 2. The highest BCUT2D eigenvalue weighted by Crippen LogP contribution is 2.26. The Kier molecular flexibility index (Phi) is 6.64. The standard InChI is InChI=1S/C19H29N3O2/c1-4-5-6-9-18(23)20-15-10-11-17(21(2)3)16(14-15)19(24)22-12-7-8-13-22/h10-11,14H,4-9,12-13H2,1-3H3,(H,20,23). The third-order valence-electron chi connectivity index (χ3n) is 4.39. The summed E-state index contributed by atoms with van der Waals surface area (Å²) in [4.78, 5) is 28.7. The molecule has 1 aromatic carbocycles. The summed E-state index contributed by atoms with van der Waals surface area (Å²) in [6.45, 7) is 3.76. The molecule has 1 saturated heterocycles. The highest BCUT2D eigenvalue weighted by molar-refractivity contribution is 6.02. The molecule has 1 aliphatic heterocycles. The molecule has 0 aliphatic carbocycles. The smallest absolute Gasteiger partial charge is 0.256 e. The fraction of sp³-hybridized carbons (Fsp3) is 0.579. The lowest BCUT2D eigenvalue weighted by Gasteiger charge is -2.22. The van der Waals surface area contributed by atoms with Gasteiger partial charge < -0.3 is 15.1 Å². The molecule has 0 atom stereocenters. The molecule has 0 saturated carbocycles. The van der Waals surface area contributed by atoms with Gasteiger partial charge in [0, 0.05) is 45.0 Å². The van der Waals surface area contributed by atoms with Crippen molar-refractivity contribution in [3.05, 3.63) is 23.8 Å². The van der Waals surface area contributed by atoms with Gasteiger partial charge in [-0.2, -0.15) is 0 Å². The average Bonchev–Trinajstić information content (AvgIpc) is 3.08. The number of hydrogen-bond acceptors (Lipinski definition) is 3. The van der Waals surface area contributed by atoms with Crippen molar-refractivity contribution in [2.45, 2.75) is 45.4 Å². The minimum Gasteiger partial charge on any atom is -0.377 e. The highest BCUT2D eigenvalue weighted by atomic mass is 16.2. The molecule has 1 N–H and O–H groups in total. The summed E-state index contributed by atoms with van der Waals surface area (Å²) in [7, 11) is 3.86. The second-order valence-electron chi connectivity index (χ2n) is 6.63. The summed E-state index contributed by atoms with van der Waals surface area (Å²) < 4.78 is 0. The molecule has 2 amide bonds. The SMILES string of the molecule is CCCCCC(=O)Nc1ccc(N(C)C)c(C(=O)N2CCCC2)c1. The Bertz CT molecular complexity index is 578. The Morgan fingerprint density at radius 3 is 2.50 bits per heavy atom. The van der Waals surface area contributed by atoms with E-state index in [2.05, 4.69) is 12.2 Å². The molecule has 5 nitrogen and oxygen atoms in total. The Hall–Kier alpha value is -2.04. The van der Waals surface area contributed by atoms with Gasteiger partial charge >= 0.3 is 0 Å². The first-order chi connectivity index (χ1) is 11.5. The van der Waals surface area contributed by atoms with Crippen molar-refractivity contribution in [2.75, 3.05) is 37.4 Å². The predicted molar refractivity (Wildman–Crippen MR) is 98.7 cm³/mol. The van der Waals surface area contributed by atoms with Gasteiger partial charge in [0.1, 0.15) is 0 Å². The van der Waals surface area contributed by atoms with E-state index in [1.807, 2.05) is 42.1 Å². The van der Waals surface area contributed by atoms with E-state index in [-0.39, 0.29) is 11.8 Å². The topological polar surface area (TPSA) is 52.7 Å². The molecule has 2 rings (SSSR count). The van der Waals surface area contributed by atoms with Crippen molar-refractivity contribution in [2.24, 2.45) is 0 Å². The molecule has 5 heteroatoms. The molecule has 0 bridgehead atoms. The second-order valence-corrected chi connectivity index (χ2v) is 6.63. The van der Waals surface area contributed by atoms with Crippen molar-refractivity contribution in [3.8, 4) is 0 Å². The number of nitrogens with zero attached hydrogens (tertiary/aromatic N) is 2. The van der Waals surface area contributed by atoms with Crippen LogP contribution in [-0.2, 0) is 4.79 Å². The van der Waals surface area contributed by atoms with Crippen LogP contribution in [0.3, 0.4) is 0 Å². The molecule has 0 radical (unpaired) electrons. The lowest BCUT2D eigenvalue weighted by molar-refractivity contribution is -0.116. The number of carbonyl (C=O) groups is 2. The maximum absolute atomic E-state index is 12.8. The van der Waals surface area contributed by atoms with Crippen LogP contribution in [-0.4, -0.2) is 43.9 Å². The largest absolute Gasteiger partial charge is 0.377 e. The van der Waals surface area contributed by atoms with E-state index in [9.17, 15) is 9.59 Å². The quantitative estimate of drug-likeness (QED) is 0.778. The fourth-order valence-electron chi connectivity index (χ4n) is 3.02. The first-order valence-electron chi connectivity index (χ1n) is 8.93. The van der Waals surface area contributed by atoms with Gasteiger partial charge in [-0.3, -0.25) is 9.59 Å². The molecule has 132 valence electrons. The van der Waals surface area contributed by atoms with Crippen LogP contribution in [0.15, 0.2) is 18.2 Å².